The summed E-state index contributed by atoms with van der Waals surface area (Å²) in [4.78, 5) is 27.9. The fourth-order valence-electron chi connectivity index (χ4n) is 4.59. The smallest absolute Gasteiger partial charge is 0.327 e. The highest BCUT2D eigenvalue weighted by Crippen LogP contribution is 2.39. The van der Waals surface area contributed by atoms with Crippen LogP contribution >= 0.6 is 11.8 Å². The van der Waals surface area contributed by atoms with Gasteiger partial charge in [0.25, 0.3) is 0 Å². The van der Waals surface area contributed by atoms with E-state index < -0.39 is 41.4 Å². The predicted octanol–water partition coefficient (Wildman–Crippen LogP) is 7.25. The Morgan fingerprint density at radius 3 is 2.16 bits per heavy atom. The lowest BCUT2D eigenvalue weighted by molar-refractivity contribution is -0.143. The van der Waals surface area contributed by atoms with E-state index in [1.807, 2.05) is 0 Å². The first-order chi connectivity index (χ1) is 17.6. The summed E-state index contributed by atoms with van der Waals surface area (Å²) in [6.07, 6.45) is -9.20. The van der Waals surface area contributed by atoms with Crippen molar-refractivity contribution in [2.24, 2.45) is 0 Å². The summed E-state index contributed by atoms with van der Waals surface area (Å²) in [7, 11) is 1.42. The highest BCUT2D eigenvalue weighted by molar-refractivity contribution is 8.14. The summed E-state index contributed by atoms with van der Waals surface area (Å²) in [6, 6.07) is 4.63. The molecule has 2 amide bonds. The number of carbonyl (C=O) groups is 2. The number of likely N-dealkylation sites (tertiary alicyclic amines) is 1. The fourth-order valence-corrected chi connectivity index (χ4v) is 5.56. The van der Waals surface area contributed by atoms with Crippen molar-refractivity contribution in [1.29, 1.82) is 0 Å². The van der Waals surface area contributed by atoms with Crippen LogP contribution < -0.4 is 0 Å². The van der Waals surface area contributed by atoms with Crippen molar-refractivity contribution in [3.63, 3.8) is 0 Å². The minimum Gasteiger partial charge on any atom is -0.327 e. The Labute approximate surface area is 220 Å². The molecule has 0 aromatic heterocycles. The zero-order valence-corrected chi connectivity index (χ0v) is 21.7. The Morgan fingerprint density at radius 1 is 1.03 bits per heavy atom. The molecule has 1 fully saturated rings. The SMILES string of the molecule is CC(=O)S[C@H]1CCN(C(=O)N(C)CCc2cc(C(F)(F)F)cc(C(F)(F)F)c2)[C@@H](c2ccc(F)cc2C)C1. The normalized spacial score (nSPS) is 18.4. The third-order valence-electron chi connectivity index (χ3n) is 6.43. The van der Waals surface area contributed by atoms with Crippen molar-refractivity contribution >= 4 is 22.9 Å². The maximum Gasteiger partial charge on any atom is 0.416 e. The molecule has 1 aliphatic heterocycles. The molecule has 1 saturated heterocycles. The number of piperidine rings is 1. The van der Waals surface area contributed by atoms with Gasteiger partial charge in [-0.1, -0.05) is 17.8 Å². The summed E-state index contributed by atoms with van der Waals surface area (Å²) in [5.41, 5.74) is -1.70. The van der Waals surface area contributed by atoms with E-state index in [4.69, 9.17) is 0 Å². The van der Waals surface area contributed by atoms with Crippen LogP contribution in [0.1, 0.15) is 53.6 Å². The Morgan fingerprint density at radius 2 is 1.63 bits per heavy atom. The van der Waals surface area contributed by atoms with Gasteiger partial charge in [0.1, 0.15) is 5.82 Å². The molecule has 1 heterocycles. The van der Waals surface area contributed by atoms with Gasteiger partial charge < -0.3 is 9.80 Å². The van der Waals surface area contributed by atoms with Crippen molar-refractivity contribution in [2.75, 3.05) is 20.1 Å². The van der Waals surface area contributed by atoms with Gasteiger partial charge in [-0.3, -0.25) is 4.79 Å². The molecule has 0 bridgehead atoms. The van der Waals surface area contributed by atoms with E-state index in [9.17, 15) is 40.3 Å². The number of likely N-dealkylation sites (N-methyl/N-ethyl adjacent to an activating group) is 1. The van der Waals surface area contributed by atoms with E-state index in [0.717, 1.165) is 0 Å². The van der Waals surface area contributed by atoms with Crippen molar-refractivity contribution in [1.82, 2.24) is 9.80 Å². The van der Waals surface area contributed by atoms with E-state index in [1.165, 1.54) is 42.8 Å². The standard InChI is InChI=1S/C26H27F7N2O2S/c1-15-10-20(27)4-5-22(15)23-14-21(38-16(2)36)7-9-35(23)24(37)34(3)8-6-17-11-18(25(28,29)30)13-19(12-17)26(31,32)33/h4-5,10-13,21,23H,6-9,14H2,1-3H3/t21-,23+/m0/s1. The summed E-state index contributed by atoms with van der Waals surface area (Å²) in [5.74, 6) is -0.439. The molecule has 0 aliphatic carbocycles. The van der Waals surface area contributed by atoms with Crippen LogP contribution in [0.2, 0.25) is 0 Å². The maximum atomic E-state index is 13.7. The second kappa shape index (κ2) is 11.5. The second-order valence-corrected chi connectivity index (χ2v) is 10.8. The molecule has 2 atom stereocenters. The average Bonchev–Trinajstić information content (AvgIpc) is 2.80. The van der Waals surface area contributed by atoms with Gasteiger partial charge in [0, 0.05) is 32.3 Å². The van der Waals surface area contributed by atoms with Gasteiger partial charge in [0.05, 0.1) is 17.2 Å². The van der Waals surface area contributed by atoms with Crippen LogP contribution in [-0.2, 0) is 23.6 Å². The molecule has 2 aromatic rings. The molecule has 3 rings (SSSR count). The number of alkyl halides is 6. The molecule has 0 radical (unpaired) electrons. The largest absolute Gasteiger partial charge is 0.416 e. The number of hydrogen-bond donors (Lipinski definition) is 0. The number of nitrogens with zero attached hydrogens (tertiary/aromatic N) is 2. The van der Waals surface area contributed by atoms with Gasteiger partial charge in [-0.25, -0.2) is 9.18 Å². The lowest BCUT2D eigenvalue weighted by Gasteiger charge is -2.41. The zero-order valence-electron chi connectivity index (χ0n) is 20.9. The first-order valence-corrected chi connectivity index (χ1v) is 12.7. The first-order valence-electron chi connectivity index (χ1n) is 11.8. The molecule has 0 spiro atoms. The van der Waals surface area contributed by atoms with Crippen LogP contribution in [0.3, 0.4) is 0 Å². The summed E-state index contributed by atoms with van der Waals surface area (Å²) in [6.45, 7) is 3.30. The highest BCUT2D eigenvalue weighted by Gasteiger charge is 2.38. The molecule has 1 aliphatic rings. The summed E-state index contributed by atoms with van der Waals surface area (Å²) >= 11 is 1.17. The highest BCUT2D eigenvalue weighted by atomic mass is 32.2. The number of amides is 2. The summed E-state index contributed by atoms with van der Waals surface area (Å²) < 4.78 is 92.9. The van der Waals surface area contributed by atoms with Crippen LogP contribution in [-0.4, -0.2) is 46.3 Å². The molecule has 208 valence electrons. The molecule has 38 heavy (non-hydrogen) atoms. The van der Waals surface area contributed by atoms with Gasteiger partial charge >= 0.3 is 18.4 Å². The van der Waals surface area contributed by atoms with Crippen LogP contribution in [0, 0.1) is 12.7 Å². The van der Waals surface area contributed by atoms with Crippen molar-refractivity contribution in [2.45, 2.75) is 56.8 Å². The van der Waals surface area contributed by atoms with Crippen molar-refractivity contribution in [3.05, 3.63) is 70.0 Å². The van der Waals surface area contributed by atoms with E-state index in [2.05, 4.69) is 0 Å². The monoisotopic (exact) mass is 564 g/mol. The van der Waals surface area contributed by atoms with E-state index in [1.54, 1.807) is 17.9 Å². The van der Waals surface area contributed by atoms with Crippen LogP contribution in [0.5, 0.6) is 0 Å². The van der Waals surface area contributed by atoms with Crippen LogP contribution in [0.15, 0.2) is 36.4 Å². The van der Waals surface area contributed by atoms with Gasteiger partial charge in [0.2, 0.25) is 0 Å². The number of halogens is 7. The molecule has 12 heteroatoms. The third-order valence-corrected chi connectivity index (χ3v) is 7.53. The fraction of sp³-hybridized carbons (Fsp3) is 0.462. The van der Waals surface area contributed by atoms with E-state index >= 15 is 0 Å². The molecule has 2 aromatic carbocycles. The number of benzene rings is 2. The lowest BCUT2D eigenvalue weighted by Crippen LogP contribution is -2.48. The van der Waals surface area contributed by atoms with Crippen molar-refractivity contribution < 1.29 is 40.3 Å². The number of aryl methyl sites for hydroxylation is 1. The van der Waals surface area contributed by atoms with Crippen molar-refractivity contribution in [3.8, 4) is 0 Å². The predicted molar refractivity (Wildman–Crippen MR) is 130 cm³/mol. The van der Waals surface area contributed by atoms with Gasteiger partial charge in [0.15, 0.2) is 5.12 Å². The summed E-state index contributed by atoms with van der Waals surface area (Å²) in [5, 5.41) is -0.136. The van der Waals surface area contributed by atoms with Gasteiger partial charge in [-0.2, -0.15) is 26.3 Å². The average molecular weight is 565 g/mol. The molecule has 0 N–H and O–H groups in total. The maximum absolute atomic E-state index is 13.7. The quantitative estimate of drug-likeness (QED) is 0.359. The van der Waals surface area contributed by atoms with Gasteiger partial charge in [-0.15, -0.1) is 0 Å². The Kier molecular flexibility index (Phi) is 9.05. The zero-order chi connectivity index (χ0) is 28.4. The minimum atomic E-state index is -4.96. The molecule has 0 unspecified atom stereocenters. The topological polar surface area (TPSA) is 40.6 Å². The Bertz CT molecular complexity index is 1150. The Balaban J connectivity index is 1.82. The molecular weight excluding hydrogens is 537 g/mol. The van der Waals surface area contributed by atoms with E-state index in [-0.39, 0.29) is 41.5 Å². The second-order valence-electron chi connectivity index (χ2n) is 9.33. The lowest BCUT2D eigenvalue weighted by atomic mass is 9.92. The third kappa shape index (κ3) is 7.42. The number of rotatable bonds is 5. The van der Waals surface area contributed by atoms with Crippen LogP contribution in [0.25, 0.3) is 0 Å². The number of carbonyl (C=O) groups excluding carboxylic acids is 2. The Hall–Kier alpha value is -2.76. The molecular formula is C26H27F7N2O2S. The first kappa shape index (κ1) is 29.8. The minimum absolute atomic E-state index is 0.0667. The molecule has 4 nitrogen and oxygen atoms in total. The van der Waals surface area contributed by atoms with E-state index in [0.29, 0.717) is 36.1 Å². The number of thioether (sulfide) groups is 1. The number of hydrogen-bond acceptors (Lipinski definition) is 3. The number of urea groups is 1. The van der Waals surface area contributed by atoms with Crippen LogP contribution in [0.4, 0.5) is 35.5 Å². The van der Waals surface area contributed by atoms with Gasteiger partial charge in [-0.05, 0) is 73.2 Å². The molecule has 0 saturated carbocycles.